The molecule has 0 radical (unpaired) electrons. The highest BCUT2D eigenvalue weighted by Crippen LogP contribution is 2.60. The maximum atomic E-state index is 13.6. The SMILES string of the molecule is Cc1cccc(C)c1-c1cc2nc(n1)NS(=O)(=O)c1cccc(c1)C1CCN(CCC3(C(F)(F)F)CC3)CC1CO2. The van der Waals surface area contributed by atoms with E-state index in [1.54, 1.807) is 24.3 Å². The number of sulfonamides is 1. The molecule has 4 bridgehead atoms. The minimum atomic E-state index is -4.17. The van der Waals surface area contributed by atoms with E-state index in [0.29, 0.717) is 31.7 Å². The third-order valence-corrected chi connectivity index (χ3v) is 10.2. The van der Waals surface area contributed by atoms with Gasteiger partial charge in [0.15, 0.2) is 0 Å². The Kier molecular flexibility index (Phi) is 7.01. The molecule has 3 aliphatic rings. The van der Waals surface area contributed by atoms with Crippen molar-refractivity contribution < 1.29 is 26.3 Å². The summed E-state index contributed by atoms with van der Waals surface area (Å²) < 4.78 is 76.3. The van der Waals surface area contributed by atoms with Crippen LogP contribution in [-0.4, -0.2) is 55.7 Å². The molecule has 2 aromatic carbocycles. The molecule has 1 aromatic heterocycles. The predicted octanol–water partition coefficient (Wildman–Crippen LogP) is 6.09. The first-order chi connectivity index (χ1) is 19.4. The van der Waals surface area contributed by atoms with Gasteiger partial charge in [0.25, 0.3) is 10.0 Å². The molecule has 1 saturated heterocycles. The number of piperidine rings is 1. The number of aromatic nitrogens is 2. The van der Waals surface area contributed by atoms with E-state index in [-0.39, 0.29) is 54.4 Å². The topological polar surface area (TPSA) is 84.4 Å². The van der Waals surface area contributed by atoms with E-state index in [1.807, 2.05) is 38.1 Å². The van der Waals surface area contributed by atoms with Crippen LogP contribution in [-0.2, 0) is 10.0 Å². The average Bonchev–Trinajstić information content (AvgIpc) is 3.72. The maximum absolute atomic E-state index is 13.6. The standard InChI is InChI=1S/C30H33F3N4O3S/c1-19-5-3-6-20(2)27(19)25-16-26-35-28(34-25)36-41(38,39)23-8-4-7-21(15-23)24-9-13-37(17-22(24)18-40-26)14-12-29(10-11-29)30(31,32)33/h3-8,15-16,22,24H,9-14,17-18H2,1-2H3,(H,34,35,36). The number of alkyl halides is 3. The molecule has 2 unspecified atom stereocenters. The van der Waals surface area contributed by atoms with Gasteiger partial charge < -0.3 is 9.64 Å². The van der Waals surface area contributed by atoms with Crippen LogP contribution in [0.1, 0.15) is 48.3 Å². The minimum absolute atomic E-state index is 0.0160. The number of hydrogen-bond acceptors (Lipinski definition) is 6. The number of halogens is 3. The molecule has 6 rings (SSSR count). The Morgan fingerprint density at radius 2 is 1.80 bits per heavy atom. The Morgan fingerprint density at radius 3 is 2.51 bits per heavy atom. The number of nitrogens with zero attached hydrogens (tertiary/aromatic N) is 3. The monoisotopic (exact) mass is 586 g/mol. The highest BCUT2D eigenvalue weighted by atomic mass is 32.2. The van der Waals surface area contributed by atoms with Crippen LogP contribution in [0, 0.1) is 25.2 Å². The molecule has 1 saturated carbocycles. The zero-order valence-electron chi connectivity index (χ0n) is 23.0. The van der Waals surface area contributed by atoms with Gasteiger partial charge in [-0.15, -0.1) is 0 Å². The fourth-order valence-corrected chi connectivity index (χ4v) is 7.29. The lowest BCUT2D eigenvalue weighted by atomic mass is 9.80. The van der Waals surface area contributed by atoms with Crippen LogP contribution in [0.3, 0.4) is 0 Å². The van der Waals surface area contributed by atoms with Crippen molar-refractivity contribution in [3.8, 4) is 17.1 Å². The summed E-state index contributed by atoms with van der Waals surface area (Å²) in [5.74, 6) is 0.0641. The van der Waals surface area contributed by atoms with Gasteiger partial charge in [-0.1, -0.05) is 30.3 Å². The second kappa shape index (κ2) is 10.3. The van der Waals surface area contributed by atoms with Gasteiger partial charge in [-0.2, -0.15) is 18.2 Å². The summed E-state index contributed by atoms with van der Waals surface area (Å²) in [6.45, 7) is 5.77. The molecule has 2 fully saturated rings. The van der Waals surface area contributed by atoms with Gasteiger partial charge in [0, 0.05) is 24.1 Å². The van der Waals surface area contributed by atoms with Crippen molar-refractivity contribution in [1.82, 2.24) is 14.9 Å². The Morgan fingerprint density at radius 1 is 1.07 bits per heavy atom. The van der Waals surface area contributed by atoms with Crippen LogP contribution in [0.4, 0.5) is 19.1 Å². The van der Waals surface area contributed by atoms with Gasteiger partial charge in [0.2, 0.25) is 11.8 Å². The molecule has 2 aliphatic heterocycles. The summed E-state index contributed by atoms with van der Waals surface area (Å²) in [5, 5.41) is 0. The molecule has 2 atom stereocenters. The number of nitrogens with one attached hydrogen (secondary N) is 1. The number of fused-ring (bicyclic) bond motifs is 6. The van der Waals surface area contributed by atoms with Gasteiger partial charge in [0.1, 0.15) is 0 Å². The number of aryl methyl sites for hydroxylation is 2. The molecule has 1 aliphatic carbocycles. The lowest BCUT2D eigenvalue weighted by molar-refractivity contribution is -0.190. The van der Waals surface area contributed by atoms with Crippen LogP contribution in [0.25, 0.3) is 11.3 Å². The molecular formula is C30H33F3N4O3S. The highest BCUT2D eigenvalue weighted by Gasteiger charge is 2.62. The summed E-state index contributed by atoms with van der Waals surface area (Å²) in [4.78, 5) is 11.1. The number of anilines is 1. The summed E-state index contributed by atoms with van der Waals surface area (Å²) in [7, 11) is -3.99. The predicted molar refractivity (Wildman–Crippen MR) is 149 cm³/mol. The third kappa shape index (κ3) is 5.53. The van der Waals surface area contributed by atoms with Crippen molar-refractivity contribution in [1.29, 1.82) is 0 Å². The molecule has 1 N–H and O–H groups in total. The van der Waals surface area contributed by atoms with Gasteiger partial charge in [0.05, 0.1) is 22.6 Å². The van der Waals surface area contributed by atoms with E-state index >= 15 is 0 Å². The molecule has 0 amide bonds. The second-order valence-electron chi connectivity index (χ2n) is 11.7. The van der Waals surface area contributed by atoms with E-state index in [0.717, 1.165) is 22.3 Å². The third-order valence-electron chi connectivity index (χ3n) is 8.89. The van der Waals surface area contributed by atoms with E-state index in [4.69, 9.17) is 4.74 Å². The second-order valence-corrected chi connectivity index (χ2v) is 13.3. The van der Waals surface area contributed by atoms with E-state index in [2.05, 4.69) is 19.6 Å². The van der Waals surface area contributed by atoms with Crippen LogP contribution in [0.2, 0.25) is 0 Å². The Balaban J connectivity index is 1.34. The summed E-state index contributed by atoms with van der Waals surface area (Å²) in [6, 6.07) is 14.4. The first kappa shape index (κ1) is 28.0. The molecule has 41 heavy (non-hydrogen) atoms. The summed E-state index contributed by atoms with van der Waals surface area (Å²) >= 11 is 0. The van der Waals surface area contributed by atoms with E-state index < -0.39 is 21.6 Å². The number of rotatable bonds is 4. The van der Waals surface area contributed by atoms with Crippen molar-refractivity contribution in [3.05, 3.63) is 65.2 Å². The quantitative estimate of drug-likeness (QED) is 0.398. The van der Waals surface area contributed by atoms with Gasteiger partial charge >= 0.3 is 6.18 Å². The fraction of sp³-hybridized carbons (Fsp3) is 0.467. The lowest BCUT2D eigenvalue weighted by Gasteiger charge is -2.39. The number of likely N-dealkylation sites (tertiary alicyclic amines) is 1. The Hall–Kier alpha value is -3.18. The zero-order chi connectivity index (χ0) is 29.0. The zero-order valence-corrected chi connectivity index (χ0v) is 23.9. The Labute approximate surface area is 238 Å². The van der Waals surface area contributed by atoms with E-state index in [1.165, 1.54) is 0 Å². The molecule has 218 valence electrons. The van der Waals surface area contributed by atoms with Crippen LogP contribution >= 0.6 is 0 Å². The van der Waals surface area contributed by atoms with E-state index in [9.17, 15) is 21.6 Å². The molecule has 7 nitrogen and oxygen atoms in total. The molecule has 0 spiro atoms. The number of benzene rings is 2. The Bertz CT molecular complexity index is 1550. The van der Waals surface area contributed by atoms with Gasteiger partial charge in [-0.3, -0.25) is 0 Å². The normalized spacial score (nSPS) is 23.2. The fourth-order valence-electron chi connectivity index (χ4n) is 6.29. The first-order valence-electron chi connectivity index (χ1n) is 13.9. The van der Waals surface area contributed by atoms with Crippen LogP contribution in [0.5, 0.6) is 5.88 Å². The molecule has 11 heteroatoms. The largest absolute Gasteiger partial charge is 0.477 e. The van der Waals surface area contributed by atoms with Crippen molar-refractivity contribution in [2.45, 2.75) is 56.5 Å². The lowest BCUT2D eigenvalue weighted by Crippen LogP contribution is -2.43. The van der Waals surface area contributed by atoms with Crippen molar-refractivity contribution in [2.24, 2.45) is 11.3 Å². The van der Waals surface area contributed by atoms with Crippen LogP contribution < -0.4 is 9.46 Å². The minimum Gasteiger partial charge on any atom is -0.477 e. The molecular weight excluding hydrogens is 553 g/mol. The number of ether oxygens (including phenoxy) is 1. The average molecular weight is 587 g/mol. The first-order valence-corrected chi connectivity index (χ1v) is 15.4. The van der Waals surface area contributed by atoms with Crippen molar-refractivity contribution in [2.75, 3.05) is 31.0 Å². The maximum Gasteiger partial charge on any atom is 0.394 e. The van der Waals surface area contributed by atoms with Crippen LogP contribution in [0.15, 0.2) is 53.4 Å². The molecule has 3 heterocycles. The van der Waals surface area contributed by atoms with Gasteiger partial charge in [-0.25, -0.2) is 18.1 Å². The number of hydrogen-bond donors (Lipinski definition) is 1. The molecule has 3 aromatic rings. The van der Waals surface area contributed by atoms with Crippen molar-refractivity contribution >= 4 is 16.0 Å². The highest BCUT2D eigenvalue weighted by molar-refractivity contribution is 7.92. The van der Waals surface area contributed by atoms with Gasteiger partial charge in [-0.05, 0) is 87.4 Å². The summed E-state index contributed by atoms with van der Waals surface area (Å²) in [5.41, 5.74) is 2.70. The summed E-state index contributed by atoms with van der Waals surface area (Å²) in [6.07, 6.45) is -2.98. The smallest absolute Gasteiger partial charge is 0.394 e. The van der Waals surface area contributed by atoms with Crippen molar-refractivity contribution in [3.63, 3.8) is 0 Å².